The zero-order valence-electron chi connectivity index (χ0n) is 7.60. The van der Waals surface area contributed by atoms with Crippen molar-refractivity contribution in [2.75, 3.05) is 24.0 Å². The van der Waals surface area contributed by atoms with Crippen LogP contribution in [-0.2, 0) is 19.7 Å². The molecule has 0 saturated heterocycles. The number of hydrogen-bond acceptors (Lipinski definition) is 5. The van der Waals surface area contributed by atoms with E-state index in [4.69, 9.17) is 5.11 Å². The minimum Gasteiger partial charge on any atom is -0.392 e. The Morgan fingerprint density at radius 1 is 1.08 bits per heavy atom. The summed E-state index contributed by atoms with van der Waals surface area (Å²) >= 11 is 0. The van der Waals surface area contributed by atoms with E-state index in [1.807, 2.05) is 0 Å². The monoisotopic (exact) mass is 230 g/mol. The van der Waals surface area contributed by atoms with Crippen molar-refractivity contribution < 1.29 is 21.9 Å². The highest BCUT2D eigenvalue weighted by molar-refractivity contribution is 7.91. The van der Waals surface area contributed by atoms with Gasteiger partial charge in [0.25, 0.3) is 0 Å². The fraction of sp³-hybridized carbons (Fsp3) is 1.00. The van der Waals surface area contributed by atoms with Crippen molar-refractivity contribution in [2.45, 2.75) is 12.5 Å². The van der Waals surface area contributed by atoms with Gasteiger partial charge in [0.2, 0.25) is 0 Å². The second kappa shape index (κ2) is 4.39. The van der Waals surface area contributed by atoms with Gasteiger partial charge in [-0.25, -0.2) is 16.8 Å². The van der Waals surface area contributed by atoms with Crippen LogP contribution in [0.15, 0.2) is 0 Å². The summed E-state index contributed by atoms with van der Waals surface area (Å²) in [6, 6.07) is 0. The average molecular weight is 230 g/mol. The molecule has 0 aliphatic heterocycles. The fourth-order valence-electron chi connectivity index (χ4n) is 0.783. The van der Waals surface area contributed by atoms with Gasteiger partial charge < -0.3 is 5.11 Å². The van der Waals surface area contributed by atoms with Crippen molar-refractivity contribution in [2.24, 2.45) is 0 Å². The molecule has 0 bridgehead atoms. The molecule has 0 saturated carbocycles. The van der Waals surface area contributed by atoms with Crippen molar-refractivity contribution in [1.29, 1.82) is 0 Å². The molecule has 7 heteroatoms. The van der Waals surface area contributed by atoms with Gasteiger partial charge in [-0.2, -0.15) is 0 Å². The van der Waals surface area contributed by atoms with Crippen LogP contribution in [0.3, 0.4) is 0 Å². The van der Waals surface area contributed by atoms with Gasteiger partial charge in [-0.1, -0.05) is 0 Å². The van der Waals surface area contributed by atoms with Crippen LogP contribution in [0.25, 0.3) is 0 Å². The SMILES string of the molecule is CS(=O)(=O)CCC(O)CS(C)(=O)=O. The first-order chi connectivity index (χ1) is 5.60. The average Bonchev–Trinajstić information content (AvgIpc) is 1.78. The van der Waals surface area contributed by atoms with Gasteiger partial charge in [-0.05, 0) is 6.42 Å². The lowest BCUT2D eigenvalue weighted by atomic mass is 10.3. The predicted molar refractivity (Wildman–Crippen MR) is 50.0 cm³/mol. The van der Waals surface area contributed by atoms with E-state index in [1.165, 1.54) is 0 Å². The predicted octanol–water partition coefficient (Wildman–Crippen LogP) is -1.17. The Kier molecular flexibility index (Phi) is 4.34. The zero-order chi connectivity index (χ0) is 10.7. The molecule has 0 spiro atoms. The Morgan fingerprint density at radius 2 is 1.54 bits per heavy atom. The lowest BCUT2D eigenvalue weighted by Gasteiger charge is -2.07. The van der Waals surface area contributed by atoms with E-state index < -0.39 is 25.8 Å². The molecule has 1 N–H and O–H groups in total. The molecule has 0 heterocycles. The first-order valence-corrected chi connectivity index (χ1v) is 7.76. The lowest BCUT2D eigenvalue weighted by molar-refractivity contribution is 0.194. The van der Waals surface area contributed by atoms with Gasteiger partial charge in [-0.3, -0.25) is 0 Å². The Labute approximate surface area is 78.6 Å². The number of aliphatic hydroxyl groups is 1. The molecule has 0 rings (SSSR count). The summed E-state index contributed by atoms with van der Waals surface area (Å²) in [6.45, 7) is 0. The highest BCUT2D eigenvalue weighted by atomic mass is 32.2. The molecule has 0 aromatic rings. The van der Waals surface area contributed by atoms with E-state index in [-0.39, 0.29) is 17.9 Å². The third kappa shape index (κ3) is 9.78. The van der Waals surface area contributed by atoms with E-state index >= 15 is 0 Å². The third-order valence-electron chi connectivity index (χ3n) is 1.32. The Hall–Kier alpha value is -0.140. The van der Waals surface area contributed by atoms with Crippen molar-refractivity contribution in [1.82, 2.24) is 0 Å². The maximum absolute atomic E-state index is 10.7. The maximum Gasteiger partial charge on any atom is 0.149 e. The summed E-state index contributed by atoms with van der Waals surface area (Å²) in [5.74, 6) is -0.577. The van der Waals surface area contributed by atoms with Gasteiger partial charge >= 0.3 is 0 Å². The third-order valence-corrected chi connectivity index (χ3v) is 3.28. The molecule has 80 valence electrons. The van der Waals surface area contributed by atoms with E-state index in [0.717, 1.165) is 12.5 Å². The van der Waals surface area contributed by atoms with Crippen molar-refractivity contribution in [3.63, 3.8) is 0 Å². The van der Waals surface area contributed by atoms with Crippen LogP contribution in [0.1, 0.15) is 6.42 Å². The summed E-state index contributed by atoms with van der Waals surface area (Å²) in [6.07, 6.45) is 0.910. The number of aliphatic hydroxyl groups excluding tert-OH is 1. The number of sulfone groups is 2. The topological polar surface area (TPSA) is 88.5 Å². The van der Waals surface area contributed by atoms with E-state index in [0.29, 0.717) is 0 Å². The van der Waals surface area contributed by atoms with Gasteiger partial charge in [0, 0.05) is 12.5 Å². The smallest absolute Gasteiger partial charge is 0.149 e. The molecule has 0 fully saturated rings. The first kappa shape index (κ1) is 12.9. The van der Waals surface area contributed by atoms with Crippen LogP contribution in [-0.4, -0.2) is 52.1 Å². The van der Waals surface area contributed by atoms with Crippen LogP contribution in [0, 0.1) is 0 Å². The van der Waals surface area contributed by atoms with Crippen molar-refractivity contribution in [3.05, 3.63) is 0 Å². The van der Waals surface area contributed by atoms with Crippen LogP contribution in [0.2, 0.25) is 0 Å². The Bertz CT molecular complexity index is 339. The van der Waals surface area contributed by atoms with Crippen molar-refractivity contribution >= 4 is 19.7 Å². The normalized spacial score (nSPS) is 15.6. The summed E-state index contributed by atoms with van der Waals surface area (Å²) < 4.78 is 42.6. The van der Waals surface area contributed by atoms with E-state index in [9.17, 15) is 16.8 Å². The Morgan fingerprint density at radius 3 is 1.85 bits per heavy atom. The highest BCUT2D eigenvalue weighted by Crippen LogP contribution is 1.99. The standard InChI is InChI=1S/C6H14O5S2/c1-12(8,9)4-3-6(7)5-13(2,10)11/h6-7H,3-5H2,1-2H3. The minimum absolute atomic E-state index is 0.0358. The molecule has 13 heavy (non-hydrogen) atoms. The Balaban J connectivity index is 3.98. The second-order valence-electron chi connectivity index (χ2n) is 3.16. The molecule has 1 unspecified atom stereocenters. The fourth-order valence-corrected chi connectivity index (χ4v) is 2.35. The molecule has 0 aliphatic carbocycles. The molecular formula is C6H14O5S2. The quantitative estimate of drug-likeness (QED) is 0.642. The summed E-state index contributed by atoms with van der Waals surface area (Å²) in [4.78, 5) is 0. The molecule has 0 aliphatic rings. The molecule has 0 aromatic heterocycles. The van der Waals surface area contributed by atoms with Gasteiger partial charge in [0.15, 0.2) is 0 Å². The molecule has 1 atom stereocenters. The minimum atomic E-state index is -3.24. The largest absolute Gasteiger partial charge is 0.392 e. The summed E-state index contributed by atoms with van der Waals surface area (Å²) in [7, 11) is -6.37. The summed E-state index contributed by atoms with van der Waals surface area (Å²) in [5.41, 5.74) is 0. The van der Waals surface area contributed by atoms with Gasteiger partial charge in [0.05, 0.1) is 17.6 Å². The van der Waals surface area contributed by atoms with Gasteiger partial charge in [0.1, 0.15) is 19.7 Å². The molecule has 5 nitrogen and oxygen atoms in total. The zero-order valence-corrected chi connectivity index (χ0v) is 9.23. The maximum atomic E-state index is 10.7. The van der Waals surface area contributed by atoms with Crippen LogP contribution < -0.4 is 0 Å². The van der Waals surface area contributed by atoms with E-state index in [1.54, 1.807) is 0 Å². The van der Waals surface area contributed by atoms with Gasteiger partial charge in [-0.15, -0.1) is 0 Å². The van der Waals surface area contributed by atoms with E-state index in [2.05, 4.69) is 0 Å². The van der Waals surface area contributed by atoms with Crippen LogP contribution in [0.5, 0.6) is 0 Å². The van der Waals surface area contributed by atoms with Crippen LogP contribution in [0.4, 0.5) is 0 Å². The van der Waals surface area contributed by atoms with Crippen molar-refractivity contribution in [3.8, 4) is 0 Å². The summed E-state index contributed by atoms with van der Waals surface area (Å²) in [5, 5.41) is 9.10. The number of rotatable bonds is 5. The number of hydrogen-bond donors (Lipinski definition) is 1. The molecule has 0 radical (unpaired) electrons. The highest BCUT2D eigenvalue weighted by Gasteiger charge is 2.14. The second-order valence-corrected chi connectivity index (χ2v) is 7.61. The molecule has 0 aromatic carbocycles. The lowest BCUT2D eigenvalue weighted by Crippen LogP contribution is -2.22. The molecular weight excluding hydrogens is 216 g/mol. The van der Waals surface area contributed by atoms with Crippen LogP contribution >= 0.6 is 0 Å². The first-order valence-electron chi connectivity index (χ1n) is 3.64. The molecule has 0 amide bonds.